The van der Waals surface area contributed by atoms with E-state index in [1.54, 1.807) is 18.8 Å². The summed E-state index contributed by atoms with van der Waals surface area (Å²) < 4.78 is 19.3. The molecule has 1 atom stereocenters. The predicted octanol–water partition coefficient (Wildman–Crippen LogP) is 2.44. The molecule has 7 nitrogen and oxygen atoms in total. The lowest BCUT2D eigenvalue weighted by molar-refractivity contribution is -0.384. The van der Waals surface area contributed by atoms with Crippen LogP contribution in [0.5, 0.6) is 0 Å². The average Bonchev–Trinajstić information content (AvgIpc) is 2.47. The molecule has 0 aliphatic carbocycles. The van der Waals surface area contributed by atoms with Crippen molar-refractivity contribution in [1.29, 1.82) is 0 Å². The molecule has 0 spiro atoms. The van der Waals surface area contributed by atoms with Gasteiger partial charge in [-0.3, -0.25) is 14.7 Å². The van der Waals surface area contributed by atoms with Crippen molar-refractivity contribution in [3.63, 3.8) is 0 Å². The number of piperazine rings is 1. The van der Waals surface area contributed by atoms with Crippen LogP contribution in [0.25, 0.3) is 0 Å². The summed E-state index contributed by atoms with van der Waals surface area (Å²) in [4.78, 5) is 12.3. The highest BCUT2D eigenvalue weighted by molar-refractivity contribution is 7.80. The molecule has 1 heterocycles. The number of benzene rings is 1. The minimum Gasteiger partial charge on any atom is -0.369 e. The highest BCUT2D eigenvalue weighted by Gasteiger charge is 2.29. The second kappa shape index (κ2) is 6.79. The smallest absolute Gasteiger partial charge is 0.270 e. The van der Waals surface area contributed by atoms with Gasteiger partial charge in [-0.1, -0.05) is 0 Å². The molecular weight excluding hydrogens is 313 g/mol. The van der Waals surface area contributed by atoms with Gasteiger partial charge in [-0.15, -0.1) is 0 Å². The summed E-state index contributed by atoms with van der Waals surface area (Å²) in [5.74, 6) is 0.135. The first-order valence-electron chi connectivity index (χ1n) is 6.52. The molecule has 2 rings (SSSR count). The van der Waals surface area contributed by atoms with Gasteiger partial charge in [0.1, 0.15) is 0 Å². The van der Waals surface area contributed by atoms with Gasteiger partial charge in [-0.05, 0) is 12.1 Å². The lowest BCUT2D eigenvalue weighted by Crippen LogP contribution is -2.44. The van der Waals surface area contributed by atoms with E-state index in [-0.39, 0.29) is 11.6 Å². The second-order valence-corrected chi connectivity index (χ2v) is 7.46. The van der Waals surface area contributed by atoms with E-state index in [0.717, 1.165) is 5.69 Å². The van der Waals surface area contributed by atoms with Gasteiger partial charge < -0.3 is 9.42 Å². The SMILES string of the molecule is CP(=O)(OCS)N1CCN(c2ccc([N+](=O)[O-])cc2)CC1. The van der Waals surface area contributed by atoms with Crippen LogP contribution < -0.4 is 4.90 Å². The topological polar surface area (TPSA) is 75.9 Å². The van der Waals surface area contributed by atoms with Crippen molar-refractivity contribution >= 4 is 31.5 Å². The summed E-state index contributed by atoms with van der Waals surface area (Å²) in [5.41, 5.74) is 1.01. The third-order valence-electron chi connectivity index (χ3n) is 3.49. The molecule has 9 heteroatoms. The van der Waals surface area contributed by atoms with Crippen LogP contribution in [-0.2, 0) is 9.09 Å². The van der Waals surface area contributed by atoms with Crippen molar-refractivity contribution < 1.29 is 14.0 Å². The molecule has 21 heavy (non-hydrogen) atoms. The summed E-state index contributed by atoms with van der Waals surface area (Å²) in [6, 6.07) is 6.47. The van der Waals surface area contributed by atoms with Gasteiger partial charge in [0.25, 0.3) is 13.2 Å². The zero-order chi connectivity index (χ0) is 15.5. The Morgan fingerprint density at radius 3 is 2.33 bits per heavy atom. The minimum atomic E-state index is -2.77. The first-order valence-corrected chi connectivity index (χ1v) is 9.17. The number of rotatable bonds is 5. The Hall–Kier alpha value is -1.08. The van der Waals surface area contributed by atoms with Crippen LogP contribution in [0.2, 0.25) is 0 Å². The molecule has 1 saturated heterocycles. The van der Waals surface area contributed by atoms with Crippen molar-refractivity contribution in [2.45, 2.75) is 0 Å². The monoisotopic (exact) mass is 331 g/mol. The van der Waals surface area contributed by atoms with E-state index in [9.17, 15) is 14.7 Å². The minimum absolute atomic E-state index is 0.0811. The molecule has 0 radical (unpaired) electrons. The van der Waals surface area contributed by atoms with Gasteiger partial charge in [0.2, 0.25) is 0 Å². The lowest BCUT2D eigenvalue weighted by Gasteiger charge is -2.38. The number of nitro groups is 1. The maximum absolute atomic E-state index is 12.3. The molecule has 0 bridgehead atoms. The van der Waals surface area contributed by atoms with E-state index in [1.165, 1.54) is 12.1 Å². The van der Waals surface area contributed by atoms with Crippen LogP contribution in [-0.4, -0.2) is 48.4 Å². The second-order valence-electron chi connectivity index (χ2n) is 4.78. The van der Waals surface area contributed by atoms with Gasteiger partial charge in [0.05, 0.1) is 10.9 Å². The molecule has 1 aliphatic rings. The van der Waals surface area contributed by atoms with Gasteiger partial charge >= 0.3 is 0 Å². The van der Waals surface area contributed by atoms with E-state index in [1.807, 2.05) is 4.67 Å². The summed E-state index contributed by atoms with van der Waals surface area (Å²) in [5, 5.41) is 10.6. The first-order chi connectivity index (χ1) is 9.94. The Labute approximate surface area is 128 Å². The normalized spacial score (nSPS) is 19.2. The number of nitro benzene ring substituents is 1. The van der Waals surface area contributed by atoms with Crippen LogP contribution >= 0.6 is 20.1 Å². The molecular formula is C12H18N3O4PS. The number of nitrogens with zero attached hydrogens (tertiary/aromatic N) is 3. The van der Waals surface area contributed by atoms with Gasteiger partial charge in [-0.2, -0.15) is 12.6 Å². The van der Waals surface area contributed by atoms with E-state index < -0.39 is 12.4 Å². The van der Waals surface area contributed by atoms with Crippen molar-refractivity contribution in [2.75, 3.05) is 43.7 Å². The van der Waals surface area contributed by atoms with Crippen LogP contribution in [0.1, 0.15) is 0 Å². The predicted molar refractivity (Wildman–Crippen MR) is 85.4 cm³/mol. The molecule has 0 aromatic heterocycles. The Balaban J connectivity index is 1.97. The van der Waals surface area contributed by atoms with Crippen LogP contribution in [0.4, 0.5) is 11.4 Å². The van der Waals surface area contributed by atoms with Gasteiger partial charge in [0.15, 0.2) is 0 Å². The molecule has 1 aromatic carbocycles. The standard InChI is InChI=1S/C12H18N3O4PS/c1-20(18,19-10-21)14-8-6-13(7-9-14)11-2-4-12(5-3-11)15(16)17/h2-5,21H,6-10H2,1H3. The lowest BCUT2D eigenvalue weighted by atomic mass is 10.2. The molecule has 1 aliphatic heterocycles. The molecule has 0 N–H and O–H groups in total. The largest absolute Gasteiger partial charge is 0.369 e. The average molecular weight is 331 g/mol. The maximum atomic E-state index is 12.3. The highest BCUT2D eigenvalue weighted by atomic mass is 32.1. The summed E-state index contributed by atoms with van der Waals surface area (Å²) in [6.45, 7) is 4.25. The third-order valence-corrected chi connectivity index (χ3v) is 5.86. The van der Waals surface area contributed by atoms with Gasteiger partial charge in [-0.25, -0.2) is 4.67 Å². The number of hydrogen-bond donors (Lipinski definition) is 1. The fourth-order valence-corrected chi connectivity index (χ4v) is 4.22. The van der Waals surface area contributed by atoms with E-state index in [4.69, 9.17) is 4.52 Å². The molecule has 0 amide bonds. The van der Waals surface area contributed by atoms with Crippen molar-refractivity contribution in [1.82, 2.24) is 4.67 Å². The first kappa shape index (κ1) is 16.3. The molecule has 1 fully saturated rings. The molecule has 1 unspecified atom stereocenters. The zero-order valence-electron chi connectivity index (χ0n) is 11.7. The third kappa shape index (κ3) is 3.97. The Morgan fingerprint density at radius 2 is 1.86 bits per heavy atom. The molecule has 0 saturated carbocycles. The Kier molecular flexibility index (Phi) is 5.27. The Bertz CT molecular complexity index is 546. The van der Waals surface area contributed by atoms with E-state index in [0.29, 0.717) is 26.2 Å². The maximum Gasteiger partial charge on any atom is 0.270 e. The number of hydrogen-bond acceptors (Lipinski definition) is 6. The number of non-ortho nitro benzene ring substituents is 1. The van der Waals surface area contributed by atoms with Crippen LogP contribution in [0.15, 0.2) is 24.3 Å². The Morgan fingerprint density at radius 1 is 1.29 bits per heavy atom. The molecule has 116 valence electrons. The van der Waals surface area contributed by atoms with Crippen LogP contribution in [0.3, 0.4) is 0 Å². The number of thiol groups is 1. The van der Waals surface area contributed by atoms with Crippen LogP contribution in [0, 0.1) is 10.1 Å². The highest BCUT2D eigenvalue weighted by Crippen LogP contribution is 2.47. The molecule has 1 aromatic rings. The van der Waals surface area contributed by atoms with Crippen molar-refractivity contribution in [3.8, 4) is 0 Å². The van der Waals surface area contributed by atoms with Crippen molar-refractivity contribution in [2.24, 2.45) is 0 Å². The summed E-state index contributed by atoms with van der Waals surface area (Å²) in [6.07, 6.45) is 0. The number of anilines is 1. The van der Waals surface area contributed by atoms with Crippen molar-refractivity contribution in [3.05, 3.63) is 34.4 Å². The fourth-order valence-electron chi connectivity index (χ4n) is 2.29. The van der Waals surface area contributed by atoms with E-state index >= 15 is 0 Å². The quantitative estimate of drug-likeness (QED) is 0.294. The van der Waals surface area contributed by atoms with Gasteiger partial charge in [0, 0.05) is 50.7 Å². The summed E-state index contributed by atoms with van der Waals surface area (Å²) in [7, 11) is -2.77. The zero-order valence-corrected chi connectivity index (χ0v) is 13.5. The van der Waals surface area contributed by atoms with E-state index in [2.05, 4.69) is 17.5 Å². The summed E-state index contributed by atoms with van der Waals surface area (Å²) >= 11 is 3.95. The fraction of sp³-hybridized carbons (Fsp3) is 0.500.